The zero-order chi connectivity index (χ0) is 21.2. The van der Waals surface area contributed by atoms with Gasteiger partial charge in [-0.05, 0) is 70.2 Å². The van der Waals surface area contributed by atoms with Gasteiger partial charge >= 0.3 is 0 Å². The van der Waals surface area contributed by atoms with E-state index < -0.39 is 11.5 Å². The molecule has 1 aliphatic heterocycles. The third-order valence-corrected chi connectivity index (χ3v) is 5.85. The molecular formula is C23H34N4O2. The van der Waals surface area contributed by atoms with Crippen LogP contribution >= 0.6 is 0 Å². The smallest absolute Gasteiger partial charge is 0.130 e. The van der Waals surface area contributed by atoms with Crippen molar-refractivity contribution in [1.29, 1.82) is 0 Å². The van der Waals surface area contributed by atoms with E-state index in [4.69, 9.17) is 0 Å². The maximum absolute atomic E-state index is 11.8. The third kappa shape index (κ3) is 4.49. The molecule has 0 aliphatic carbocycles. The van der Waals surface area contributed by atoms with E-state index in [1.165, 1.54) is 16.6 Å². The van der Waals surface area contributed by atoms with Crippen LogP contribution in [0, 0.1) is 0 Å². The summed E-state index contributed by atoms with van der Waals surface area (Å²) in [4.78, 5) is 15.4. The van der Waals surface area contributed by atoms with Crippen LogP contribution in [0.15, 0.2) is 24.4 Å². The molecule has 0 bridgehead atoms. The highest BCUT2D eigenvalue weighted by atomic mass is 16.3. The highest BCUT2D eigenvalue weighted by molar-refractivity contribution is 5.91. The summed E-state index contributed by atoms with van der Waals surface area (Å²) in [6.45, 7) is 8.22. The molecule has 2 unspecified atom stereocenters. The number of nitrogens with zero attached hydrogens (tertiary/aromatic N) is 1. The molecule has 2 heterocycles. The number of carbonyl (C=O) groups is 1. The average Bonchev–Trinajstić information content (AvgIpc) is 3.04. The number of aromatic nitrogens is 1. The van der Waals surface area contributed by atoms with Crippen molar-refractivity contribution in [2.45, 2.75) is 64.5 Å². The summed E-state index contributed by atoms with van der Waals surface area (Å²) in [5.74, 6) is 0. The number of nitrogens with one attached hydrogen (secondary N) is 3. The van der Waals surface area contributed by atoms with Crippen LogP contribution in [-0.2, 0) is 16.6 Å². The van der Waals surface area contributed by atoms with Crippen molar-refractivity contribution in [3.63, 3.8) is 0 Å². The minimum absolute atomic E-state index is 0.163. The van der Waals surface area contributed by atoms with Crippen LogP contribution in [0.5, 0.6) is 0 Å². The largest absolute Gasteiger partial charge is 0.392 e. The number of aryl methyl sites for hydroxylation is 1. The van der Waals surface area contributed by atoms with Crippen LogP contribution in [0.2, 0.25) is 0 Å². The molecule has 3 rings (SSSR count). The first-order valence-electron chi connectivity index (χ1n) is 10.5. The number of aldehydes is 1. The van der Waals surface area contributed by atoms with Gasteiger partial charge < -0.3 is 25.6 Å². The molecule has 0 saturated heterocycles. The van der Waals surface area contributed by atoms with E-state index in [0.29, 0.717) is 6.54 Å². The average molecular weight is 399 g/mol. The monoisotopic (exact) mass is 398 g/mol. The van der Waals surface area contributed by atoms with Crippen LogP contribution in [0.4, 0.5) is 5.69 Å². The van der Waals surface area contributed by atoms with Crippen molar-refractivity contribution < 1.29 is 9.90 Å². The van der Waals surface area contributed by atoms with Crippen molar-refractivity contribution in [3.05, 3.63) is 41.2 Å². The Labute approximate surface area is 173 Å². The van der Waals surface area contributed by atoms with Gasteiger partial charge in [0.15, 0.2) is 0 Å². The Bertz CT molecular complexity index is 898. The highest BCUT2D eigenvalue weighted by Gasteiger charge is 2.27. The Hall–Kier alpha value is -2.31. The Kier molecular flexibility index (Phi) is 6.34. The van der Waals surface area contributed by atoms with Crippen LogP contribution < -0.4 is 10.7 Å². The van der Waals surface area contributed by atoms with E-state index in [0.717, 1.165) is 42.3 Å². The second-order valence-corrected chi connectivity index (χ2v) is 8.74. The van der Waals surface area contributed by atoms with Gasteiger partial charge in [-0.3, -0.25) is 0 Å². The van der Waals surface area contributed by atoms with Crippen LogP contribution in [0.25, 0.3) is 10.9 Å². The number of fused-ring (bicyclic) bond motifs is 3. The molecule has 6 heteroatoms. The third-order valence-electron chi connectivity index (χ3n) is 5.85. The van der Waals surface area contributed by atoms with Crippen molar-refractivity contribution in [3.8, 4) is 0 Å². The standard InChI is InChI=1S/C23H34N4O2/c1-15(29)13-24-21-11-18-17-9-7-6-8-10-25-27(5)16(2)22(17)26-20(18)12-19(21)23(3,4)14-28/h8,10-12,14-16,24-26,29H,6-7,9,13H2,1-5H3/b10-8+. The molecule has 29 heavy (non-hydrogen) atoms. The van der Waals surface area contributed by atoms with Gasteiger partial charge in [-0.25, -0.2) is 5.01 Å². The quantitative estimate of drug-likeness (QED) is 0.577. The number of aliphatic hydroxyl groups is 1. The van der Waals surface area contributed by atoms with Crippen molar-refractivity contribution >= 4 is 22.9 Å². The molecule has 0 spiro atoms. The maximum Gasteiger partial charge on any atom is 0.130 e. The minimum Gasteiger partial charge on any atom is -0.392 e. The molecule has 4 N–H and O–H groups in total. The SMILES string of the molecule is CC(O)CNc1cc2c3c([nH]c2cc1C(C)(C)C=O)C(C)N(C)N/C=C/CCC3. The summed E-state index contributed by atoms with van der Waals surface area (Å²) in [7, 11) is 2.04. The van der Waals surface area contributed by atoms with Gasteiger partial charge in [0.2, 0.25) is 0 Å². The van der Waals surface area contributed by atoms with E-state index >= 15 is 0 Å². The number of aromatic amines is 1. The molecule has 0 amide bonds. The molecule has 1 aliphatic rings. The number of benzene rings is 1. The first kappa shape index (κ1) is 21.4. The Balaban J connectivity index is 2.17. The maximum atomic E-state index is 11.8. The normalized spacial score (nSPS) is 20.6. The van der Waals surface area contributed by atoms with Crippen LogP contribution in [-0.4, -0.2) is 41.1 Å². The van der Waals surface area contributed by atoms with Gasteiger partial charge in [0.1, 0.15) is 6.29 Å². The van der Waals surface area contributed by atoms with Gasteiger partial charge in [0.25, 0.3) is 0 Å². The molecule has 1 aromatic heterocycles. The number of anilines is 1. The van der Waals surface area contributed by atoms with Crippen molar-refractivity contribution in [2.75, 3.05) is 18.9 Å². The Morgan fingerprint density at radius 3 is 2.86 bits per heavy atom. The fourth-order valence-corrected chi connectivity index (χ4v) is 3.90. The zero-order valence-electron chi connectivity index (χ0n) is 18.2. The number of hydrogen-bond donors (Lipinski definition) is 4. The molecule has 0 saturated carbocycles. The summed E-state index contributed by atoms with van der Waals surface area (Å²) in [6, 6.07) is 4.41. The minimum atomic E-state index is -0.628. The van der Waals surface area contributed by atoms with E-state index in [2.05, 4.69) is 45.9 Å². The summed E-state index contributed by atoms with van der Waals surface area (Å²) in [5.41, 5.74) is 8.12. The number of aliphatic hydroxyl groups excluding tert-OH is 1. The molecule has 2 aromatic rings. The lowest BCUT2D eigenvalue weighted by molar-refractivity contribution is -0.111. The zero-order valence-corrected chi connectivity index (χ0v) is 18.2. The van der Waals surface area contributed by atoms with Gasteiger partial charge in [-0.1, -0.05) is 6.08 Å². The fourth-order valence-electron chi connectivity index (χ4n) is 3.90. The molecule has 0 radical (unpaired) electrons. The van der Waals surface area contributed by atoms with Crippen LogP contribution in [0.3, 0.4) is 0 Å². The lowest BCUT2D eigenvalue weighted by Gasteiger charge is -2.25. The summed E-state index contributed by atoms with van der Waals surface area (Å²) in [6.07, 6.45) is 7.78. The molecule has 1 aromatic carbocycles. The number of hydrogen-bond acceptors (Lipinski definition) is 5. The highest BCUT2D eigenvalue weighted by Crippen LogP contribution is 2.37. The van der Waals surface area contributed by atoms with Gasteiger partial charge in [-0.15, -0.1) is 0 Å². The number of carbonyl (C=O) groups excluding carboxylic acids is 1. The number of allylic oxidation sites excluding steroid dienone is 1. The Morgan fingerprint density at radius 2 is 2.17 bits per heavy atom. The van der Waals surface area contributed by atoms with Gasteiger partial charge in [0, 0.05) is 47.5 Å². The van der Waals surface area contributed by atoms with Gasteiger partial charge in [-0.2, -0.15) is 0 Å². The topological polar surface area (TPSA) is 80.4 Å². The second kappa shape index (κ2) is 8.59. The van der Waals surface area contributed by atoms with E-state index in [1.54, 1.807) is 6.92 Å². The van der Waals surface area contributed by atoms with E-state index in [-0.39, 0.29) is 6.04 Å². The molecule has 2 atom stereocenters. The summed E-state index contributed by atoms with van der Waals surface area (Å²) >= 11 is 0. The number of H-pyrrole nitrogens is 1. The van der Waals surface area contributed by atoms with Crippen molar-refractivity contribution in [1.82, 2.24) is 15.4 Å². The van der Waals surface area contributed by atoms with E-state index in [1.807, 2.05) is 27.1 Å². The fraction of sp³-hybridized carbons (Fsp3) is 0.522. The van der Waals surface area contributed by atoms with Crippen molar-refractivity contribution in [2.24, 2.45) is 0 Å². The lowest BCUT2D eigenvalue weighted by atomic mass is 9.84. The predicted molar refractivity (Wildman–Crippen MR) is 119 cm³/mol. The second-order valence-electron chi connectivity index (χ2n) is 8.74. The van der Waals surface area contributed by atoms with Crippen LogP contribution in [0.1, 0.15) is 63.4 Å². The number of hydrazine groups is 1. The first-order valence-corrected chi connectivity index (χ1v) is 10.5. The number of rotatable bonds is 5. The predicted octanol–water partition coefficient (Wildman–Crippen LogP) is 3.78. The van der Waals surface area contributed by atoms with E-state index in [9.17, 15) is 9.90 Å². The first-order chi connectivity index (χ1) is 13.7. The molecule has 158 valence electrons. The summed E-state index contributed by atoms with van der Waals surface area (Å²) < 4.78 is 0. The lowest BCUT2D eigenvalue weighted by Crippen LogP contribution is -2.33. The molecule has 0 fully saturated rings. The molecular weight excluding hydrogens is 364 g/mol. The van der Waals surface area contributed by atoms with Gasteiger partial charge in [0.05, 0.1) is 12.1 Å². The molecule has 6 nitrogen and oxygen atoms in total. The summed E-state index contributed by atoms with van der Waals surface area (Å²) in [5, 5.41) is 16.4. The Morgan fingerprint density at radius 1 is 1.41 bits per heavy atom.